The molecule has 1 unspecified atom stereocenters. The normalized spacial score (nSPS) is 12.0. The van der Waals surface area contributed by atoms with E-state index in [-0.39, 0.29) is 18.9 Å². The first kappa shape index (κ1) is 18.0. The van der Waals surface area contributed by atoms with Crippen molar-refractivity contribution in [3.05, 3.63) is 77.4 Å². The molecule has 0 saturated carbocycles. The lowest BCUT2D eigenvalue weighted by molar-refractivity contribution is -0.120. The van der Waals surface area contributed by atoms with E-state index in [2.05, 4.69) is 5.32 Å². The number of ether oxygens (including phenoxy) is 1. The summed E-state index contributed by atoms with van der Waals surface area (Å²) in [5.74, 6) is 0.646. The summed E-state index contributed by atoms with van der Waals surface area (Å²) in [7, 11) is 1.63. The van der Waals surface area contributed by atoms with Crippen LogP contribution in [0.2, 0.25) is 0 Å². The Bertz CT molecular complexity index is 920. The van der Waals surface area contributed by atoms with Crippen molar-refractivity contribution in [2.24, 2.45) is 0 Å². The second kappa shape index (κ2) is 8.02. The van der Waals surface area contributed by atoms with Gasteiger partial charge in [0.25, 0.3) is 0 Å². The average Bonchev–Trinajstić information content (AvgIpc) is 2.66. The zero-order valence-corrected chi connectivity index (χ0v) is 15.0. The molecule has 0 spiro atoms. The number of carbonyl (C=O) groups excluding carboxylic acids is 1. The molecular weight excluding hydrogens is 326 g/mol. The molecular formula is C22H23NO3. The molecule has 4 nitrogen and oxygen atoms in total. The highest BCUT2D eigenvalue weighted by atomic mass is 16.5. The average molecular weight is 349 g/mol. The molecule has 0 aliphatic carbocycles. The third-order valence-electron chi connectivity index (χ3n) is 4.45. The molecule has 3 rings (SSSR count). The van der Waals surface area contributed by atoms with Crippen LogP contribution in [0.4, 0.5) is 0 Å². The van der Waals surface area contributed by atoms with E-state index in [0.717, 1.165) is 33.2 Å². The predicted octanol–water partition coefficient (Wildman–Crippen LogP) is 3.55. The summed E-state index contributed by atoms with van der Waals surface area (Å²) in [6, 6.07) is 19.4. The summed E-state index contributed by atoms with van der Waals surface area (Å²) >= 11 is 0. The topological polar surface area (TPSA) is 58.6 Å². The predicted molar refractivity (Wildman–Crippen MR) is 103 cm³/mol. The van der Waals surface area contributed by atoms with E-state index in [9.17, 15) is 9.90 Å². The Labute approximate surface area is 153 Å². The van der Waals surface area contributed by atoms with E-state index in [4.69, 9.17) is 4.74 Å². The van der Waals surface area contributed by atoms with Gasteiger partial charge in [-0.15, -0.1) is 0 Å². The highest BCUT2D eigenvalue weighted by Crippen LogP contribution is 2.24. The summed E-state index contributed by atoms with van der Waals surface area (Å²) < 4.78 is 5.29. The number of hydrogen-bond donors (Lipinski definition) is 2. The molecule has 0 saturated heterocycles. The first-order chi connectivity index (χ1) is 12.6. The number of aryl methyl sites for hydroxylation is 1. The number of nitrogens with one attached hydrogen (secondary N) is 1. The zero-order chi connectivity index (χ0) is 18.5. The molecule has 4 heteroatoms. The lowest BCUT2D eigenvalue weighted by Gasteiger charge is -2.13. The van der Waals surface area contributed by atoms with E-state index >= 15 is 0 Å². The quantitative estimate of drug-likeness (QED) is 0.715. The van der Waals surface area contributed by atoms with Crippen LogP contribution in [0.3, 0.4) is 0 Å². The molecule has 0 aliphatic rings. The van der Waals surface area contributed by atoms with E-state index in [1.54, 1.807) is 7.11 Å². The van der Waals surface area contributed by atoms with Crippen LogP contribution in [0.5, 0.6) is 5.75 Å². The second-order valence-electron chi connectivity index (χ2n) is 6.41. The summed E-state index contributed by atoms with van der Waals surface area (Å²) in [5.41, 5.74) is 2.82. The minimum Gasteiger partial charge on any atom is -0.497 e. The fraction of sp³-hybridized carbons (Fsp3) is 0.227. The molecule has 1 amide bonds. The molecule has 3 aromatic rings. The first-order valence-corrected chi connectivity index (χ1v) is 8.64. The fourth-order valence-electron chi connectivity index (χ4n) is 3.04. The van der Waals surface area contributed by atoms with Gasteiger partial charge in [-0.2, -0.15) is 0 Å². The molecule has 26 heavy (non-hydrogen) atoms. The maximum Gasteiger partial charge on any atom is 0.224 e. The van der Waals surface area contributed by atoms with Crippen LogP contribution < -0.4 is 10.1 Å². The van der Waals surface area contributed by atoms with Gasteiger partial charge >= 0.3 is 0 Å². The summed E-state index contributed by atoms with van der Waals surface area (Å²) in [4.78, 5) is 12.4. The number of fused-ring (bicyclic) bond motifs is 1. The van der Waals surface area contributed by atoms with Crippen LogP contribution in [0.1, 0.15) is 22.8 Å². The van der Waals surface area contributed by atoms with E-state index in [1.165, 1.54) is 0 Å². The van der Waals surface area contributed by atoms with Crippen molar-refractivity contribution in [3.8, 4) is 5.75 Å². The van der Waals surface area contributed by atoms with Gasteiger partial charge in [-0.25, -0.2) is 0 Å². The molecule has 3 aromatic carbocycles. The van der Waals surface area contributed by atoms with Gasteiger partial charge in [0, 0.05) is 6.54 Å². The second-order valence-corrected chi connectivity index (χ2v) is 6.41. The molecule has 0 bridgehead atoms. The first-order valence-electron chi connectivity index (χ1n) is 8.64. The zero-order valence-electron chi connectivity index (χ0n) is 15.0. The van der Waals surface area contributed by atoms with Crippen LogP contribution in [-0.4, -0.2) is 24.7 Å². The molecule has 134 valence electrons. The van der Waals surface area contributed by atoms with Crippen LogP contribution in [-0.2, 0) is 11.2 Å². The third kappa shape index (κ3) is 4.21. The number of aliphatic hydroxyl groups is 1. The Morgan fingerprint density at radius 1 is 1.12 bits per heavy atom. The molecule has 1 atom stereocenters. The minimum atomic E-state index is -0.716. The molecule has 0 aromatic heterocycles. The maximum absolute atomic E-state index is 12.4. The smallest absolute Gasteiger partial charge is 0.224 e. The summed E-state index contributed by atoms with van der Waals surface area (Å²) in [6.07, 6.45) is -0.461. The highest BCUT2D eigenvalue weighted by Gasteiger charge is 2.12. The largest absolute Gasteiger partial charge is 0.497 e. The number of amides is 1. The van der Waals surface area contributed by atoms with Crippen molar-refractivity contribution in [1.82, 2.24) is 5.32 Å². The number of hydrogen-bond acceptors (Lipinski definition) is 3. The SMILES string of the molecule is COc1ccc2cccc(CC(=O)NCC(O)c3cccc(C)c3)c2c1. The number of aliphatic hydroxyl groups excluding tert-OH is 1. The van der Waals surface area contributed by atoms with Gasteiger partial charge in [0.15, 0.2) is 0 Å². The monoisotopic (exact) mass is 349 g/mol. The molecule has 2 N–H and O–H groups in total. The van der Waals surface area contributed by atoms with Gasteiger partial charge in [-0.1, -0.05) is 54.1 Å². The Kier molecular flexibility index (Phi) is 5.54. The fourth-order valence-corrected chi connectivity index (χ4v) is 3.04. The summed E-state index contributed by atoms with van der Waals surface area (Å²) in [5, 5.41) is 15.2. The van der Waals surface area contributed by atoms with Gasteiger partial charge in [0.2, 0.25) is 5.91 Å². The van der Waals surface area contributed by atoms with E-state index in [1.807, 2.05) is 67.6 Å². The maximum atomic E-state index is 12.4. The van der Waals surface area contributed by atoms with Crippen molar-refractivity contribution >= 4 is 16.7 Å². The Hall–Kier alpha value is -2.85. The van der Waals surface area contributed by atoms with Crippen LogP contribution in [0.25, 0.3) is 10.8 Å². The third-order valence-corrected chi connectivity index (χ3v) is 4.45. The molecule has 0 aliphatic heterocycles. The number of benzene rings is 3. The minimum absolute atomic E-state index is 0.118. The van der Waals surface area contributed by atoms with Gasteiger partial charge in [-0.3, -0.25) is 4.79 Å². The van der Waals surface area contributed by atoms with Crippen molar-refractivity contribution in [2.75, 3.05) is 13.7 Å². The van der Waals surface area contributed by atoms with Crippen LogP contribution >= 0.6 is 0 Å². The van der Waals surface area contributed by atoms with Crippen LogP contribution in [0.15, 0.2) is 60.7 Å². The Balaban J connectivity index is 1.67. The molecule has 0 fully saturated rings. The van der Waals surface area contributed by atoms with E-state index < -0.39 is 6.10 Å². The number of rotatable bonds is 6. The van der Waals surface area contributed by atoms with Crippen molar-refractivity contribution in [2.45, 2.75) is 19.4 Å². The van der Waals surface area contributed by atoms with Gasteiger partial charge in [0.05, 0.1) is 19.6 Å². The van der Waals surface area contributed by atoms with Gasteiger partial charge in [-0.05, 0) is 41.0 Å². The van der Waals surface area contributed by atoms with E-state index in [0.29, 0.717) is 0 Å². The molecule has 0 radical (unpaired) electrons. The van der Waals surface area contributed by atoms with Crippen molar-refractivity contribution in [3.63, 3.8) is 0 Å². The summed E-state index contributed by atoms with van der Waals surface area (Å²) in [6.45, 7) is 2.17. The standard InChI is InChI=1S/C22H23NO3/c1-15-5-3-8-18(11-15)21(24)14-23-22(25)12-17-7-4-6-16-9-10-19(26-2)13-20(16)17/h3-11,13,21,24H,12,14H2,1-2H3,(H,23,25). The lowest BCUT2D eigenvalue weighted by Crippen LogP contribution is -2.29. The molecule has 0 heterocycles. The number of methoxy groups -OCH3 is 1. The lowest BCUT2D eigenvalue weighted by atomic mass is 10.0. The van der Waals surface area contributed by atoms with Crippen LogP contribution in [0, 0.1) is 6.92 Å². The number of carbonyl (C=O) groups is 1. The van der Waals surface area contributed by atoms with Gasteiger partial charge < -0.3 is 15.2 Å². The van der Waals surface area contributed by atoms with Gasteiger partial charge in [0.1, 0.15) is 5.75 Å². The Morgan fingerprint density at radius 3 is 2.69 bits per heavy atom. The highest BCUT2D eigenvalue weighted by molar-refractivity contribution is 5.91. The Morgan fingerprint density at radius 2 is 1.92 bits per heavy atom. The van der Waals surface area contributed by atoms with Crippen molar-refractivity contribution < 1.29 is 14.6 Å². The van der Waals surface area contributed by atoms with Crippen molar-refractivity contribution in [1.29, 1.82) is 0 Å².